The van der Waals surface area contributed by atoms with Crippen molar-refractivity contribution in [3.63, 3.8) is 0 Å². The van der Waals surface area contributed by atoms with Crippen LogP contribution in [0.5, 0.6) is 0 Å². The molecule has 2 amide bonds. The standard InChI is InChI=1S/C20H26N6O2/c1-2-3-4-6-22-18(27)16-13-17(15-21-14-16)19(28)25-9-11-26(12-10-25)20-23-7-5-8-24-20/h5,7-8,13-15H,2-4,6,9-12H2,1H3,(H,22,27). The maximum atomic E-state index is 12.8. The summed E-state index contributed by atoms with van der Waals surface area (Å²) in [5.74, 6) is 0.379. The summed E-state index contributed by atoms with van der Waals surface area (Å²) in [4.78, 5) is 41.5. The molecule has 2 aromatic heterocycles. The quantitative estimate of drug-likeness (QED) is 0.734. The van der Waals surface area contributed by atoms with Gasteiger partial charge in [0, 0.05) is 57.5 Å². The van der Waals surface area contributed by atoms with E-state index in [-0.39, 0.29) is 11.8 Å². The van der Waals surface area contributed by atoms with E-state index in [0.29, 0.717) is 49.8 Å². The fourth-order valence-electron chi connectivity index (χ4n) is 3.11. The van der Waals surface area contributed by atoms with Crippen molar-refractivity contribution in [2.75, 3.05) is 37.6 Å². The van der Waals surface area contributed by atoms with Crippen molar-refractivity contribution in [3.8, 4) is 0 Å². The molecule has 0 aromatic carbocycles. The predicted octanol–water partition coefficient (Wildman–Crippen LogP) is 1.75. The van der Waals surface area contributed by atoms with E-state index in [1.54, 1.807) is 29.4 Å². The monoisotopic (exact) mass is 382 g/mol. The normalized spacial score (nSPS) is 14.0. The lowest BCUT2D eigenvalue weighted by Gasteiger charge is -2.34. The Morgan fingerprint density at radius 1 is 1.04 bits per heavy atom. The van der Waals surface area contributed by atoms with Crippen molar-refractivity contribution in [2.24, 2.45) is 0 Å². The third kappa shape index (κ3) is 5.03. The third-order valence-corrected chi connectivity index (χ3v) is 4.72. The van der Waals surface area contributed by atoms with Crippen LogP contribution < -0.4 is 10.2 Å². The Hall–Kier alpha value is -3.03. The first-order valence-corrected chi connectivity index (χ1v) is 9.73. The number of carbonyl (C=O) groups excluding carboxylic acids is 2. The topological polar surface area (TPSA) is 91.3 Å². The molecule has 0 aliphatic carbocycles. The molecule has 1 aliphatic rings. The number of unbranched alkanes of at least 4 members (excludes halogenated alkanes) is 2. The van der Waals surface area contributed by atoms with Crippen molar-refractivity contribution in [2.45, 2.75) is 26.2 Å². The molecular formula is C20H26N6O2. The van der Waals surface area contributed by atoms with Crippen LogP contribution in [0, 0.1) is 0 Å². The number of rotatable bonds is 7. The van der Waals surface area contributed by atoms with Gasteiger partial charge in [0.05, 0.1) is 11.1 Å². The highest BCUT2D eigenvalue weighted by Gasteiger charge is 2.24. The van der Waals surface area contributed by atoms with Gasteiger partial charge in [0.15, 0.2) is 0 Å². The lowest BCUT2D eigenvalue weighted by atomic mass is 10.1. The highest BCUT2D eigenvalue weighted by atomic mass is 16.2. The van der Waals surface area contributed by atoms with Crippen molar-refractivity contribution >= 4 is 17.8 Å². The number of piperazine rings is 1. The molecule has 0 spiro atoms. The molecule has 3 rings (SSSR count). The molecule has 1 fully saturated rings. The summed E-state index contributed by atoms with van der Waals surface area (Å²) in [7, 11) is 0. The van der Waals surface area contributed by atoms with Gasteiger partial charge in [0.2, 0.25) is 5.95 Å². The number of carbonyl (C=O) groups is 2. The van der Waals surface area contributed by atoms with Crippen molar-refractivity contribution < 1.29 is 9.59 Å². The molecule has 0 saturated carbocycles. The van der Waals surface area contributed by atoms with E-state index in [4.69, 9.17) is 0 Å². The Morgan fingerprint density at radius 3 is 2.46 bits per heavy atom. The molecule has 28 heavy (non-hydrogen) atoms. The predicted molar refractivity (Wildman–Crippen MR) is 106 cm³/mol. The zero-order chi connectivity index (χ0) is 19.8. The smallest absolute Gasteiger partial charge is 0.255 e. The minimum absolute atomic E-state index is 0.109. The molecule has 2 aromatic rings. The molecule has 1 aliphatic heterocycles. The molecule has 1 N–H and O–H groups in total. The molecule has 8 nitrogen and oxygen atoms in total. The van der Waals surface area contributed by atoms with E-state index >= 15 is 0 Å². The van der Waals surface area contributed by atoms with E-state index in [9.17, 15) is 9.59 Å². The van der Waals surface area contributed by atoms with Crippen LogP contribution in [0.2, 0.25) is 0 Å². The van der Waals surface area contributed by atoms with Gasteiger partial charge >= 0.3 is 0 Å². The van der Waals surface area contributed by atoms with Gasteiger partial charge in [0.25, 0.3) is 11.8 Å². The second kappa shape index (κ2) is 9.77. The lowest BCUT2D eigenvalue weighted by molar-refractivity contribution is 0.0746. The van der Waals surface area contributed by atoms with Gasteiger partial charge in [-0.2, -0.15) is 0 Å². The first kappa shape index (κ1) is 19.7. The van der Waals surface area contributed by atoms with Gasteiger partial charge in [-0.15, -0.1) is 0 Å². The molecule has 0 radical (unpaired) electrons. The second-order valence-electron chi connectivity index (χ2n) is 6.75. The van der Waals surface area contributed by atoms with E-state index in [1.807, 2.05) is 0 Å². The van der Waals surface area contributed by atoms with Gasteiger partial charge in [-0.05, 0) is 18.6 Å². The van der Waals surface area contributed by atoms with Crippen molar-refractivity contribution in [3.05, 3.63) is 48.0 Å². The summed E-state index contributed by atoms with van der Waals surface area (Å²) >= 11 is 0. The molecule has 148 valence electrons. The maximum Gasteiger partial charge on any atom is 0.255 e. The summed E-state index contributed by atoms with van der Waals surface area (Å²) in [6.07, 6.45) is 9.57. The van der Waals surface area contributed by atoms with Crippen LogP contribution in [-0.2, 0) is 0 Å². The molecule has 0 atom stereocenters. The van der Waals surface area contributed by atoms with Crippen LogP contribution in [0.1, 0.15) is 46.9 Å². The summed E-state index contributed by atoms with van der Waals surface area (Å²) in [5.41, 5.74) is 0.851. The molecular weight excluding hydrogens is 356 g/mol. The van der Waals surface area contributed by atoms with Crippen LogP contribution in [-0.4, -0.2) is 64.4 Å². The fourth-order valence-corrected chi connectivity index (χ4v) is 3.11. The maximum absolute atomic E-state index is 12.8. The lowest BCUT2D eigenvalue weighted by Crippen LogP contribution is -2.49. The molecule has 0 unspecified atom stereocenters. The number of amides is 2. The zero-order valence-corrected chi connectivity index (χ0v) is 16.2. The van der Waals surface area contributed by atoms with Crippen LogP contribution in [0.4, 0.5) is 5.95 Å². The average Bonchev–Trinajstić information content (AvgIpc) is 2.77. The fraction of sp³-hybridized carbons (Fsp3) is 0.450. The first-order chi connectivity index (χ1) is 13.7. The Bertz CT molecular complexity index is 790. The molecule has 0 bridgehead atoms. The van der Waals surface area contributed by atoms with E-state index in [0.717, 1.165) is 19.3 Å². The van der Waals surface area contributed by atoms with Gasteiger partial charge < -0.3 is 15.1 Å². The summed E-state index contributed by atoms with van der Waals surface area (Å²) in [6.45, 7) is 5.23. The van der Waals surface area contributed by atoms with Gasteiger partial charge in [0.1, 0.15) is 0 Å². The number of pyridine rings is 1. The Morgan fingerprint density at radius 2 is 1.75 bits per heavy atom. The highest BCUT2D eigenvalue weighted by molar-refractivity contribution is 5.99. The first-order valence-electron chi connectivity index (χ1n) is 9.73. The number of hydrogen-bond donors (Lipinski definition) is 1. The number of aromatic nitrogens is 3. The number of hydrogen-bond acceptors (Lipinski definition) is 6. The average molecular weight is 382 g/mol. The Labute approximate surface area is 165 Å². The minimum atomic E-state index is -0.190. The number of nitrogens with one attached hydrogen (secondary N) is 1. The largest absolute Gasteiger partial charge is 0.352 e. The van der Waals surface area contributed by atoms with Crippen LogP contribution in [0.3, 0.4) is 0 Å². The van der Waals surface area contributed by atoms with E-state index in [1.165, 1.54) is 12.4 Å². The molecule has 3 heterocycles. The Kier molecular flexibility index (Phi) is 6.89. The summed E-state index contributed by atoms with van der Waals surface area (Å²) in [6, 6.07) is 3.40. The van der Waals surface area contributed by atoms with Gasteiger partial charge in [-0.3, -0.25) is 14.6 Å². The van der Waals surface area contributed by atoms with E-state index in [2.05, 4.69) is 32.1 Å². The van der Waals surface area contributed by atoms with E-state index < -0.39 is 0 Å². The Balaban J connectivity index is 1.57. The van der Waals surface area contributed by atoms with Crippen LogP contribution >= 0.6 is 0 Å². The molecule has 8 heteroatoms. The minimum Gasteiger partial charge on any atom is -0.352 e. The zero-order valence-electron chi connectivity index (χ0n) is 16.2. The highest BCUT2D eigenvalue weighted by Crippen LogP contribution is 2.13. The molecule has 1 saturated heterocycles. The summed E-state index contributed by atoms with van der Waals surface area (Å²) in [5, 5.41) is 2.88. The van der Waals surface area contributed by atoms with Gasteiger partial charge in [-0.1, -0.05) is 19.8 Å². The number of nitrogens with zero attached hydrogens (tertiary/aromatic N) is 5. The van der Waals surface area contributed by atoms with Gasteiger partial charge in [-0.25, -0.2) is 9.97 Å². The SMILES string of the molecule is CCCCCNC(=O)c1cncc(C(=O)N2CCN(c3ncccn3)CC2)c1. The van der Waals surface area contributed by atoms with Crippen molar-refractivity contribution in [1.29, 1.82) is 0 Å². The van der Waals surface area contributed by atoms with Crippen LogP contribution in [0.25, 0.3) is 0 Å². The van der Waals surface area contributed by atoms with Crippen LogP contribution in [0.15, 0.2) is 36.9 Å². The second-order valence-corrected chi connectivity index (χ2v) is 6.75. The van der Waals surface area contributed by atoms with Crippen molar-refractivity contribution in [1.82, 2.24) is 25.2 Å². The third-order valence-electron chi connectivity index (χ3n) is 4.72. The summed E-state index contributed by atoms with van der Waals surface area (Å²) < 4.78 is 0. The number of anilines is 1.